The molecule has 0 heterocycles. The minimum absolute atomic E-state index is 0. The second kappa shape index (κ2) is 11.0. The Morgan fingerprint density at radius 2 is 1.74 bits per heavy atom. The Hall–Kier alpha value is -0.850. The van der Waals surface area contributed by atoms with Gasteiger partial charge in [0, 0.05) is 33.8 Å². The minimum Gasteiger partial charge on any atom is -0.380 e. The maximum absolute atomic E-state index is 11.8. The summed E-state index contributed by atoms with van der Waals surface area (Å²) in [5.41, 5.74) is 5.45. The van der Waals surface area contributed by atoms with Crippen molar-refractivity contribution in [3.8, 4) is 0 Å². The van der Waals surface area contributed by atoms with E-state index in [1.54, 1.807) is 11.9 Å². The fourth-order valence-corrected chi connectivity index (χ4v) is 1.58. The lowest BCUT2D eigenvalue weighted by atomic mass is 10.2. The first kappa shape index (κ1) is 20.5. The highest BCUT2D eigenvalue weighted by atomic mass is 35.5. The van der Waals surface area contributed by atoms with Gasteiger partial charge in [0.1, 0.15) is 0 Å². The number of methoxy groups -OCH3 is 1. The average molecular weight is 296 g/mol. The molecule has 2 N–H and O–H groups in total. The van der Waals surface area contributed by atoms with Crippen molar-refractivity contribution in [2.45, 2.75) is 26.4 Å². The molecule has 0 fully saturated rings. The molecule has 0 aromatic carbocycles. The van der Waals surface area contributed by atoms with Crippen molar-refractivity contribution in [3.05, 3.63) is 0 Å². The first-order chi connectivity index (χ1) is 8.49. The normalized spacial score (nSPS) is 11.4. The number of carbonyl (C=O) groups is 2. The Morgan fingerprint density at radius 3 is 2.11 bits per heavy atom. The number of hydrogen-bond donors (Lipinski definition) is 1. The lowest BCUT2D eigenvalue weighted by molar-refractivity contribution is -0.140. The quantitative estimate of drug-likeness (QED) is 0.689. The number of likely N-dealkylation sites (N-methyl/N-ethyl adjacent to an activating group) is 2. The van der Waals surface area contributed by atoms with Gasteiger partial charge in [0.25, 0.3) is 0 Å². The van der Waals surface area contributed by atoms with Gasteiger partial charge in [0.15, 0.2) is 0 Å². The van der Waals surface area contributed by atoms with E-state index in [0.717, 1.165) is 0 Å². The predicted molar refractivity (Wildman–Crippen MR) is 77.3 cm³/mol. The highest BCUT2D eigenvalue weighted by Gasteiger charge is 2.19. The Balaban J connectivity index is 0. The van der Waals surface area contributed by atoms with Gasteiger partial charge < -0.3 is 20.3 Å². The molecule has 1 unspecified atom stereocenters. The molecule has 0 spiro atoms. The maximum atomic E-state index is 11.8. The standard InChI is InChI=1S/C12H25N3O3.ClH/c1-5-15(6-2)12(17)9-14(3)11(16)7-10(8-13)18-4;/h10H,5-9,13H2,1-4H3;1H. The van der Waals surface area contributed by atoms with E-state index in [2.05, 4.69) is 0 Å². The summed E-state index contributed by atoms with van der Waals surface area (Å²) >= 11 is 0. The molecule has 114 valence electrons. The molecule has 0 bridgehead atoms. The van der Waals surface area contributed by atoms with E-state index in [4.69, 9.17) is 10.5 Å². The zero-order valence-corrected chi connectivity index (χ0v) is 13.0. The van der Waals surface area contributed by atoms with Crippen LogP contribution in [0.1, 0.15) is 20.3 Å². The van der Waals surface area contributed by atoms with E-state index >= 15 is 0 Å². The molecular weight excluding hydrogens is 270 g/mol. The first-order valence-electron chi connectivity index (χ1n) is 6.24. The molecule has 0 radical (unpaired) electrons. The van der Waals surface area contributed by atoms with Crippen molar-refractivity contribution in [3.63, 3.8) is 0 Å². The third-order valence-electron chi connectivity index (χ3n) is 2.91. The molecule has 0 aliphatic carbocycles. The average Bonchev–Trinajstić information content (AvgIpc) is 2.36. The third kappa shape index (κ3) is 7.34. The number of halogens is 1. The molecule has 0 saturated carbocycles. The number of ether oxygens (including phenoxy) is 1. The number of nitrogens with two attached hydrogens (primary N) is 1. The summed E-state index contributed by atoms with van der Waals surface area (Å²) in [6.45, 7) is 5.53. The zero-order valence-electron chi connectivity index (χ0n) is 12.2. The lowest BCUT2D eigenvalue weighted by Gasteiger charge is -2.24. The highest BCUT2D eigenvalue weighted by Crippen LogP contribution is 2.00. The van der Waals surface area contributed by atoms with E-state index in [-0.39, 0.29) is 43.3 Å². The van der Waals surface area contributed by atoms with Gasteiger partial charge in [-0.15, -0.1) is 12.4 Å². The predicted octanol–water partition coefficient (Wildman–Crippen LogP) is 0.0988. The number of amides is 2. The van der Waals surface area contributed by atoms with E-state index < -0.39 is 0 Å². The molecule has 19 heavy (non-hydrogen) atoms. The fourth-order valence-electron chi connectivity index (χ4n) is 1.58. The minimum atomic E-state index is -0.288. The van der Waals surface area contributed by atoms with Crippen molar-refractivity contribution in [1.82, 2.24) is 9.80 Å². The van der Waals surface area contributed by atoms with Crippen LogP contribution in [0.25, 0.3) is 0 Å². The molecule has 2 amide bonds. The van der Waals surface area contributed by atoms with Crippen molar-refractivity contribution < 1.29 is 14.3 Å². The summed E-state index contributed by atoms with van der Waals surface area (Å²) in [5.74, 6) is -0.176. The van der Waals surface area contributed by atoms with Crippen LogP contribution in [0, 0.1) is 0 Å². The van der Waals surface area contributed by atoms with Gasteiger partial charge in [-0.2, -0.15) is 0 Å². The van der Waals surface area contributed by atoms with Crippen molar-refractivity contribution in [2.24, 2.45) is 5.73 Å². The summed E-state index contributed by atoms with van der Waals surface area (Å²) in [5, 5.41) is 0. The van der Waals surface area contributed by atoms with Crippen molar-refractivity contribution >= 4 is 24.2 Å². The van der Waals surface area contributed by atoms with Crippen molar-refractivity contribution in [2.75, 3.05) is 40.3 Å². The maximum Gasteiger partial charge on any atom is 0.242 e. The molecule has 0 aliphatic heterocycles. The number of carbonyl (C=O) groups excluding carboxylic acids is 2. The van der Waals surface area contributed by atoms with Gasteiger partial charge in [-0.25, -0.2) is 0 Å². The second-order valence-corrected chi connectivity index (χ2v) is 4.11. The summed E-state index contributed by atoms with van der Waals surface area (Å²) in [6.07, 6.45) is -0.0850. The van der Waals surface area contributed by atoms with Crippen LogP contribution in [-0.4, -0.2) is 68.1 Å². The Kier molecular flexibility index (Phi) is 11.9. The van der Waals surface area contributed by atoms with Crippen LogP contribution in [-0.2, 0) is 14.3 Å². The molecule has 7 heteroatoms. The summed E-state index contributed by atoms with van der Waals surface area (Å²) in [7, 11) is 3.14. The Labute approximate surface area is 121 Å². The largest absolute Gasteiger partial charge is 0.380 e. The SMILES string of the molecule is CCN(CC)C(=O)CN(C)C(=O)CC(CN)OC.Cl. The lowest BCUT2D eigenvalue weighted by Crippen LogP contribution is -2.42. The van der Waals surface area contributed by atoms with E-state index in [9.17, 15) is 9.59 Å². The molecular formula is C12H26ClN3O3. The van der Waals surface area contributed by atoms with Crippen LogP contribution in [0.4, 0.5) is 0 Å². The van der Waals surface area contributed by atoms with E-state index in [0.29, 0.717) is 19.6 Å². The van der Waals surface area contributed by atoms with Crippen LogP contribution in [0.2, 0.25) is 0 Å². The molecule has 0 saturated heterocycles. The summed E-state index contributed by atoms with van der Waals surface area (Å²) in [6, 6.07) is 0. The number of hydrogen-bond acceptors (Lipinski definition) is 4. The van der Waals surface area contributed by atoms with E-state index in [1.807, 2.05) is 13.8 Å². The van der Waals surface area contributed by atoms with Crippen LogP contribution < -0.4 is 5.73 Å². The van der Waals surface area contributed by atoms with Gasteiger partial charge in [-0.3, -0.25) is 9.59 Å². The molecule has 0 aromatic heterocycles. The topological polar surface area (TPSA) is 75.9 Å². The molecule has 0 aliphatic rings. The molecule has 6 nitrogen and oxygen atoms in total. The second-order valence-electron chi connectivity index (χ2n) is 4.11. The van der Waals surface area contributed by atoms with Crippen LogP contribution in [0.15, 0.2) is 0 Å². The third-order valence-corrected chi connectivity index (χ3v) is 2.91. The van der Waals surface area contributed by atoms with Gasteiger partial charge in [0.2, 0.25) is 11.8 Å². The van der Waals surface area contributed by atoms with Gasteiger partial charge in [-0.1, -0.05) is 0 Å². The zero-order chi connectivity index (χ0) is 14.1. The van der Waals surface area contributed by atoms with Crippen molar-refractivity contribution in [1.29, 1.82) is 0 Å². The molecule has 0 aromatic rings. The Bertz CT molecular complexity index is 269. The molecule has 1 atom stereocenters. The van der Waals surface area contributed by atoms with Gasteiger partial charge in [0.05, 0.1) is 19.1 Å². The summed E-state index contributed by atoms with van der Waals surface area (Å²) < 4.78 is 5.05. The fraction of sp³-hybridized carbons (Fsp3) is 0.833. The Morgan fingerprint density at radius 1 is 1.21 bits per heavy atom. The number of rotatable bonds is 8. The van der Waals surface area contributed by atoms with Gasteiger partial charge in [-0.05, 0) is 13.8 Å². The highest BCUT2D eigenvalue weighted by molar-refractivity contribution is 5.85. The first-order valence-corrected chi connectivity index (χ1v) is 6.24. The van der Waals surface area contributed by atoms with Crippen LogP contribution >= 0.6 is 12.4 Å². The van der Waals surface area contributed by atoms with Crippen LogP contribution in [0.5, 0.6) is 0 Å². The van der Waals surface area contributed by atoms with Crippen LogP contribution in [0.3, 0.4) is 0 Å². The summed E-state index contributed by atoms with van der Waals surface area (Å²) in [4.78, 5) is 26.8. The molecule has 0 rings (SSSR count). The number of nitrogens with zero attached hydrogens (tertiary/aromatic N) is 2. The monoisotopic (exact) mass is 295 g/mol. The van der Waals surface area contributed by atoms with Gasteiger partial charge >= 0.3 is 0 Å². The van der Waals surface area contributed by atoms with E-state index in [1.165, 1.54) is 12.0 Å². The smallest absolute Gasteiger partial charge is 0.242 e.